The molecule has 0 fully saturated rings. The maximum atomic E-state index is 11.9. The lowest BCUT2D eigenvalue weighted by atomic mass is 10.1. The number of hydrogen-bond donors (Lipinski definition) is 0. The van der Waals surface area contributed by atoms with Crippen LogP contribution in [-0.2, 0) is 17.6 Å². The average Bonchev–Trinajstić information content (AvgIpc) is 2.43. The van der Waals surface area contributed by atoms with Gasteiger partial charge in [-0.2, -0.15) is 0 Å². The van der Waals surface area contributed by atoms with Crippen LogP contribution in [0.15, 0.2) is 36.7 Å². The van der Waals surface area contributed by atoms with Gasteiger partial charge in [0, 0.05) is 36.6 Å². The fourth-order valence-corrected chi connectivity index (χ4v) is 2.13. The van der Waals surface area contributed by atoms with E-state index in [1.807, 2.05) is 38.1 Å². The van der Waals surface area contributed by atoms with E-state index in [4.69, 9.17) is 0 Å². The maximum absolute atomic E-state index is 11.9. The summed E-state index contributed by atoms with van der Waals surface area (Å²) in [6.07, 6.45) is 6.16. The molecule has 0 amide bonds. The normalized spacial score (nSPS) is 10.5. The van der Waals surface area contributed by atoms with Crippen molar-refractivity contribution in [2.24, 2.45) is 0 Å². The molecule has 104 valence electrons. The first-order valence-electron chi connectivity index (χ1n) is 6.98. The standard InChI is InChI=1S/C17H20N2O/c1-13-7-9-18-15(11-13)3-5-17(20)6-4-16-12-14(2)8-10-19-16/h7-12H,3-6H2,1-2H3. The van der Waals surface area contributed by atoms with Crippen molar-refractivity contribution in [2.75, 3.05) is 0 Å². The number of Topliss-reactive ketones (excluding diaryl/α,β-unsaturated/α-hetero) is 1. The minimum atomic E-state index is 0.275. The summed E-state index contributed by atoms with van der Waals surface area (Å²) in [7, 11) is 0. The highest BCUT2D eigenvalue weighted by Crippen LogP contribution is 2.07. The molecule has 0 spiro atoms. The molecular formula is C17H20N2O. The van der Waals surface area contributed by atoms with Gasteiger partial charge in [-0.25, -0.2) is 0 Å². The molecule has 0 unspecified atom stereocenters. The summed E-state index contributed by atoms with van der Waals surface area (Å²) in [5.74, 6) is 0.275. The zero-order chi connectivity index (χ0) is 14.4. The molecule has 0 saturated carbocycles. The molecule has 0 radical (unpaired) electrons. The predicted molar refractivity (Wildman–Crippen MR) is 79.6 cm³/mol. The number of carbonyl (C=O) groups is 1. The summed E-state index contributed by atoms with van der Waals surface area (Å²) in [6, 6.07) is 8.01. The molecule has 0 aliphatic carbocycles. The number of carbonyl (C=O) groups excluding carboxylic acids is 1. The van der Waals surface area contributed by atoms with E-state index in [0.29, 0.717) is 12.8 Å². The summed E-state index contributed by atoms with van der Waals surface area (Å²) >= 11 is 0. The molecule has 0 aliphatic heterocycles. The van der Waals surface area contributed by atoms with Crippen molar-refractivity contribution in [3.8, 4) is 0 Å². The fraction of sp³-hybridized carbons (Fsp3) is 0.353. The number of aryl methyl sites for hydroxylation is 4. The van der Waals surface area contributed by atoms with Gasteiger partial charge in [0.25, 0.3) is 0 Å². The van der Waals surface area contributed by atoms with Gasteiger partial charge in [0.2, 0.25) is 0 Å². The summed E-state index contributed by atoms with van der Waals surface area (Å²) < 4.78 is 0. The second-order valence-corrected chi connectivity index (χ2v) is 5.19. The van der Waals surface area contributed by atoms with E-state index in [2.05, 4.69) is 9.97 Å². The Kier molecular flexibility index (Phi) is 4.99. The molecule has 0 atom stereocenters. The third kappa shape index (κ3) is 4.57. The first-order valence-corrected chi connectivity index (χ1v) is 6.98. The van der Waals surface area contributed by atoms with Crippen LogP contribution in [0.5, 0.6) is 0 Å². The van der Waals surface area contributed by atoms with E-state index in [-0.39, 0.29) is 5.78 Å². The fourth-order valence-electron chi connectivity index (χ4n) is 2.13. The molecule has 0 saturated heterocycles. The van der Waals surface area contributed by atoms with E-state index in [1.165, 1.54) is 11.1 Å². The summed E-state index contributed by atoms with van der Waals surface area (Å²) in [5, 5.41) is 0. The van der Waals surface area contributed by atoms with Crippen LogP contribution in [0.1, 0.15) is 35.4 Å². The summed E-state index contributed by atoms with van der Waals surface area (Å²) in [4.78, 5) is 20.5. The second-order valence-electron chi connectivity index (χ2n) is 5.19. The van der Waals surface area contributed by atoms with Crippen LogP contribution in [0, 0.1) is 13.8 Å². The zero-order valence-corrected chi connectivity index (χ0v) is 12.1. The number of hydrogen-bond acceptors (Lipinski definition) is 3. The third-order valence-electron chi connectivity index (χ3n) is 3.26. The van der Waals surface area contributed by atoms with Gasteiger partial charge in [-0.3, -0.25) is 14.8 Å². The molecule has 0 aliphatic rings. The first-order chi connectivity index (χ1) is 9.63. The van der Waals surface area contributed by atoms with Gasteiger partial charge in [-0.05, 0) is 62.1 Å². The largest absolute Gasteiger partial charge is 0.300 e. The van der Waals surface area contributed by atoms with Crippen molar-refractivity contribution in [1.82, 2.24) is 9.97 Å². The van der Waals surface area contributed by atoms with E-state index < -0.39 is 0 Å². The number of aromatic nitrogens is 2. The number of pyridine rings is 2. The first kappa shape index (κ1) is 14.4. The Morgan fingerprint density at radius 2 is 1.35 bits per heavy atom. The molecule has 2 rings (SSSR count). The van der Waals surface area contributed by atoms with Gasteiger partial charge < -0.3 is 0 Å². The highest BCUT2D eigenvalue weighted by Gasteiger charge is 2.05. The average molecular weight is 268 g/mol. The van der Waals surface area contributed by atoms with Gasteiger partial charge in [-0.1, -0.05) is 0 Å². The molecule has 3 nitrogen and oxygen atoms in total. The topological polar surface area (TPSA) is 42.9 Å². The molecule has 2 aromatic rings. The maximum Gasteiger partial charge on any atom is 0.133 e. The van der Waals surface area contributed by atoms with Crippen LogP contribution in [0.4, 0.5) is 0 Å². The number of ketones is 1. The highest BCUT2D eigenvalue weighted by atomic mass is 16.1. The Balaban J connectivity index is 1.78. The van der Waals surface area contributed by atoms with Gasteiger partial charge in [0.15, 0.2) is 0 Å². The van der Waals surface area contributed by atoms with Crippen molar-refractivity contribution in [3.05, 3.63) is 59.2 Å². The zero-order valence-electron chi connectivity index (χ0n) is 12.1. The Morgan fingerprint density at radius 3 is 1.75 bits per heavy atom. The minimum absolute atomic E-state index is 0.275. The van der Waals surface area contributed by atoms with E-state index in [1.54, 1.807) is 12.4 Å². The third-order valence-corrected chi connectivity index (χ3v) is 3.26. The summed E-state index contributed by atoms with van der Waals surface area (Å²) in [6.45, 7) is 4.08. The van der Waals surface area contributed by atoms with Crippen molar-refractivity contribution < 1.29 is 4.79 Å². The number of nitrogens with zero attached hydrogens (tertiary/aromatic N) is 2. The molecule has 0 bridgehead atoms. The van der Waals surface area contributed by atoms with Crippen molar-refractivity contribution in [1.29, 1.82) is 0 Å². The second kappa shape index (κ2) is 6.94. The molecular weight excluding hydrogens is 248 g/mol. The lowest BCUT2D eigenvalue weighted by Gasteiger charge is -2.03. The smallest absolute Gasteiger partial charge is 0.133 e. The molecule has 0 N–H and O–H groups in total. The van der Waals surface area contributed by atoms with Crippen LogP contribution in [0.25, 0.3) is 0 Å². The molecule has 20 heavy (non-hydrogen) atoms. The van der Waals surface area contributed by atoms with Crippen LogP contribution in [0.2, 0.25) is 0 Å². The quantitative estimate of drug-likeness (QED) is 0.807. The van der Waals surface area contributed by atoms with Crippen LogP contribution >= 0.6 is 0 Å². The Labute approximate surface area is 120 Å². The number of rotatable bonds is 6. The Bertz CT molecular complexity index is 542. The van der Waals surface area contributed by atoms with E-state index >= 15 is 0 Å². The predicted octanol–water partition coefficient (Wildman–Crippen LogP) is 3.23. The molecule has 3 heteroatoms. The summed E-state index contributed by atoms with van der Waals surface area (Å²) in [5.41, 5.74) is 4.36. The van der Waals surface area contributed by atoms with E-state index in [9.17, 15) is 4.79 Å². The van der Waals surface area contributed by atoms with E-state index in [0.717, 1.165) is 24.2 Å². The monoisotopic (exact) mass is 268 g/mol. The molecule has 2 heterocycles. The van der Waals surface area contributed by atoms with Gasteiger partial charge in [-0.15, -0.1) is 0 Å². The van der Waals surface area contributed by atoms with Gasteiger partial charge >= 0.3 is 0 Å². The highest BCUT2D eigenvalue weighted by molar-refractivity contribution is 5.78. The van der Waals surface area contributed by atoms with Crippen LogP contribution < -0.4 is 0 Å². The van der Waals surface area contributed by atoms with Crippen molar-refractivity contribution in [2.45, 2.75) is 39.5 Å². The van der Waals surface area contributed by atoms with Crippen molar-refractivity contribution >= 4 is 5.78 Å². The minimum Gasteiger partial charge on any atom is -0.300 e. The molecule has 0 aromatic carbocycles. The lowest BCUT2D eigenvalue weighted by Crippen LogP contribution is -2.04. The van der Waals surface area contributed by atoms with Crippen LogP contribution in [0.3, 0.4) is 0 Å². The van der Waals surface area contributed by atoms with Crippen molar-refractivity contribution in [3.63, 3.8) is 0 Å². The Morgan fingerprint density at radius 1 is 0.900 bits per heavy atom. The lowest BCUT2D eigenvalue weighted by molar-refractivity contribution is -0.119. The van der Waals surface area contributed by atoms with Gasteiger partial charge in [0.1, 0.15) is 5.78 Å². The SMILES string of the molecule is Cc1ccnc(CCC(=O)CCc2cc(C)ccn2)c1. The van der Waals surface area contributed by atoms with Crippen LogP contribution in [-0.4, -0.2) is 15.8 Å². The molecule has 2 aromatic heterocycles. The van der Waals surface area contributed by atoms with Gasteiger partial charge in [0.05, 0.1) is 0 Å². The Hall–Kier alpha value is -2.03.